The minimum atomic E-state index is -0.503. The largest absolute Gasteiger partial charge is 0.348 e. The summed E-state index contributed by atoms with van der Waals surface area (Å²) >= 11 is 0. The number of hydrogen-bond acceptors (Lipinski definition) is 2. The molecule has 3 nitrogen and oxygen atoms in total. The summed E-state index contributed by atoms with van der Waals surface area (Å²) in [7, 11) is 0. The van der Waals surface area contributed by atoms with Crippen molar-refractivity contribution in [3.05, 3.63) is 53.9 Å². The highest BCUT2D eigenvalue weighted by Crippen LogP contribution is 2.08. The van der Waals surface area contributed by atoms with Crippen molar-refractivity contribution in [3.63, 3.8) is 0 Å². The lowest BCUT2D eigenvalue weighted by molar-refractivity contribution is -0.116. The van der Waals surface area contributed by atoms with Gasteiger partial charge in [-0.3, -0.25) is 4.79 Å². The summed E-state index contributed by atoms with van der Waals surface area (Å²) < 4.78 is 12.9. The molecule has 0 aliphatic heterocycles. The first-order valence-electron chi connectivity index (χ1n) is 4.94. The van der Waals surface area contributed by atoms with E-state index in [9.17, 15) is 9.18 Å². The van der Waals surface area contributed by atoms with Crippen LogP contribution in [0.1, 0.15) is 5.56 Å². The SMILES string of the molecule is C=CCNC(=O)/C(C#N)=C/c1cccc(F)c1. The Morgan fingerprint density at radius 1 is 1.59 bits per heavy atom. The monoisotopic (exact) mass is 230 g/mol. The second-order valence-electron chi connectivity index (χ2n) is 3.22. The van der Waals surface area contributed by atoms with Crippen LogP contribution >= 0.6 is 0 Å². The lowest BCUT2D eigenvalue weighted by atomic mass is 10.1. The fraction of sp³-hybridized carbons (Fsp3) is 0.0769. The number of carbonyl (C=O) groups is 1. The zero-order chi connectivity index (χ0) is 12.7. The van der Waals surface area contributed by atoms with Crippen LogP contribution in [0.2, 0.25) is 0 Å². The highest BCUT2D eigenvalue weighted by molar-refractivity contribution is 6.01. The Morgan fingerprint density at radius 2 is 2.35 bits per heavy atom. The Balaban J connectivity index is 2.91. The number of rotatable bonds is 4. The summed E-state index contributed by atoms with van der Waals surface area (Å²) in [6.07, 6.45) is 2.84. The third-order valence-electron chi connectivity index (χ3n) is 1.93. The van der Waals surface area contributed by atoms with Gasteiger partial charge in [0.25, 0.3) is 5.91 Å². The average Bonchev–Trinajstić information content (AvgIpc) is 2.33. The maximum atomic E-state index is 12.9. The number of benzene rings is 1. The first-order chi connectivity index (χ1) is 8.17. The van der Waals surface area contributed by atoms with Crippen LogP contribution in [0.15, 0.2) is 42.5 Å². The maximum Gasteiger partial charge on any atom is 0.262 e. The molecule has 0 saturated heterocycles. The molecule has 0 unspecified atom stereocenters. The van der Waals surface area contributed by atoms with Crippen LogP contribution in [0.3, 0.4) is 0 Å². The minimum Gasteiger partial charge on any atom is -0.348 e. The van der Waals surface area contributed by atoms with Gasteiger partial charge in [-0.05, 0) is 23.8 Å². The average molecular weight is 230 g/mol. The third kappa shape index (κ3) is 3.92. The second kappa shape index (κ2) is 6.23. The summed E-state index contributed by atoms with van der Waals surface area (Å²) in [6, 6.07) is 7.44. The van der Waals surface area contributed by atoms with E-state index in [1.165, 1.54) is 30.4 Å². The van der Waals surface area contributed by atoms with Crippen molar-refractivity contribution in [2.24, 2.45) is 0 Å². The first-order valence-corrected chi connectivity index (χ1v) is 4.94. The van der Waals surface area contributed by atoms with Crippen LogP contribution < -0.4 is 5.32 Å². The number of carbonyl (C=O) groups excluding carboxylic acids is 1. The van der Waals surface area contributed by atoms with E-state index in [-0.39, 0.29) is 12.1 Å². The van der Waals surface area contributed by atoms with E-state index in [1.54, 1.807) is 12.1 Å². The molecule has 0 heterocycles. The van der Waals surface area contributed by atoms with Gasteiger partial charge in [0.2, 0.25) is 0 Å². The van der Waals surface area contributed by atoms with Crippen LogP contribution in [-0.4, -0.2) is 12.5 Å². The number of hydrogen-bond donors (Lipinski definition) is 1. The number of nitriles is 1. The van der Waals surface area contributed by atoms with Gasteiger partial charge in [0.05, 0.1) is 0 Å². The van der Waals surface area contributed by atoms with Crippen molar-refractivity contribution in [2.45, 2.75) is 0 Å². The molecule has 0 spiro atoms. The topological polar surface area (TPSA) is 52.9 Å². The molecule has 1 aromatic carbocycles. The molecule has 1 amide bonds. The van der Waals surface area contributed by atoms with Gasteiger partial charge in [-0.1, -0.05) is 18.2 Å². The molecule has 1 rings (SSSR count). The molecular weight excluding hydrogens is 219 g/mol. The van der Waals surface area contributed by atoms with E-state index in [0.717, 1.165) is 0 Å². The molecule has 0 radical (unpaired) electrons. The highest BCUT2D eigenvalue weighted by Gasteiger charge is 2.07. The number of nitrogens with zero attached hydrogens (tertiary/aromatic N) is 1. The summed E-state index contributed by atoms with van der Waals surface area (Å²) in [5, 5.41) is 11.3. The Labute approximate surface area is 98.9 Å². The summed E-state index contributed by atoms with van der Waals surface area (Å²) in [5.41, 5.74) is 0.396. The van der Waals surface area contributed by atoms with Crippen molar-refractivity contribution in [2.75, 3.05) is 6.54 Å². The second-order valence-corrected chi connectivity index (χ2v) is 3.22. The van der Waals surface area contributed by atoms with Gasteiger partial charge in [-0.15, -0.1) is 6.58 Å². The van der Waals surface area contributed by atoms with Gasteiger partial charge < -0.3 is 5.32 Å². The Hall–Kier alpha value is -2.41. The predicted octanol–water partition coefficient (Wildman–Crippen LogP) is 2.03. The molecule has 0 fully saturated rings. The number of halogens is 1. The van der Waals surface area contributed by atoms with E-state index in [1.807, 2.05) is 0 Å². The fourth-order valence-electron chi connectivity index (χ4n) is 1.17. The molecule has 4 heteroatoms. The van der Waals surface area contributed by atoms with Crippen molar-refractivity contribution >= 4 is 12.0 Å². The highest BCUT2D eigenvalue weighted by atomic mass is 19.1. The summed E-state index contributed by atoms with van der Waals surface area (Å²) in [5.74, 6) is -0.917. The van der Waals surface area contributed by atoms with Crippen molar-refractivity contribution in [1.29, 1.82) is 5.26 Å². The third-order valence-corrected chi connectivity index (χ3v) is 1.93. The molecule has 1 aromatic rings. The van der Waals surface area contributed by atoms with Crippen LogP contribution in [0, 0.1) is 17.1 Å². The first kappa shape index (κ1) is 12.7. The molecule has 0 aromatic heterocycles. The van der Waals surface area contributed by atoms with Crippen LogP contribution in [0.25, 0.3) is 6.08 Å². The zero-order valence-corrected chi connectivity index (χ0v) is 9.11. The molecule has 1 N–H and O–H groups in total. The van der Waals surface area contributed by atoms with E-state index < -0.39 is 11.7 Å². The summed E-state index contributed by atoms with van der Waals surface area (Å²) in [4.78, 5) is 11.5. The molecule has 86 valence electrons. The van der Waals surface area contributed by atoms with E-state index in [4.69, 9.17) is 5.26 Å². The van der Waals surface area contributed by atoms with Gasteiger partial charge in [0.15, 0.2) is 0 Å². The van der Waals surface area contributed by atoms with E-state index in [2.05, 4.69) is 11.9 Å². The Morgan fingerprint density at radius 3 is 2.94 bits per heavy atom. The van der Waals surface area contributed by atoms with Crippen LogP contribution in [0.4, 0.5) is 4.39 Å². The van der Waals surface area contributed by atoms with Crippen LogP contribution in [-0.2, 0) is 4.79 Å². The Kier molecular flexibility index (Phi) is 4.64. The normalized spacial score (nSPS) is 10.5. The molecule has 0 atom stereocenters. The number of amides is 1. The molecular formula is C13H11FN2O. The minimum absolute atomic E-state index is 0.0718. The molecule has 0 aliphatic rings. The smallest absolute Gasteiger partial charge is 0.262 e. The zero-order valence-electron chi connectivity index (χ0n) is 9.11. The van der Waals surface area contributed by atoms with E-state index in [0.29, 0.717) is 5.56 Å². The maximum absolute atomic E-state index is 12.9. The molecule has 0 aliphatic carbocycles. The van der Waals surface area contributed by atoms with Crippen molar-refractivity contribution in [3.8, 4) is 6.07 Å². The molecule has 0 bridgehead atoms. The lowest BCUT2D eigenvalue weighted by Gasteiger charge is -2.00. The standard InChI is InChI=1S/C13H11FN2O/c1-2-6-16-13(17)11(9-15)7-10-4-3-5-12(14)8-10/h2-5,7-8H,1,6H2,(H,16,17)/b11-7+. The molecule has 0 saturated carbocycles. The summed E-state index contributed by atoms with van der Waals surface area (Å²) in [6.45, 7) is 3.73. The van der Waals surface area contributed by atoms with Gasteiger partial charge in [0, 0.05) is 6.54 Å². The fourth-order valence-corrected chi connectivity index (χ4v) is 1.17. The predicted molar refractivity (Wildman–Crippen MR) is 63.2 cm³/mol. The Bertz CT molecular complexity index is 500. The van der Waals surface area contributed by atoms with Gasteiger partial charge in [-0.25, -0.2) is 4.39 Å². The van der Waals surface area contributed by atoms with Gasteiger partial charge >= 0.3 is 0 Å². The van der Waals surface area contributed by atoms with Crippen molar-refractivity contribution < 1.29 is 9.18 Å². The van der Waals surface area contributed by atoms with E-state index >= 15 is 0 Å². The van der Waals surface area contributed by atoms with Gasteiger partial charge in [0.1, 0.15) is 17.5 Å². The van der Waals surface area contributed by atoms with Crippen molar-refractivity contribution in [1.82, 2.24) is 5.32 Å². The van der Waals surface area contributed by atoms with Crippen LogP contribution in [0.5, 0.6) is 0 Å². The van der Waals surface area contributed by atoms with Gasteiger partial charge in [-0.2, -0.15) is 5.26 Å². The quantitative estimate of drug-likeness (QED) is 0.489. The lowest BCUT2D eigenvalue weighted by Crippen LogP contribution is -2.24. The molecule has 17 heavy (non-hydrogen) atoms. The number of nitrogens with one attached hydrogen (secondary N) is 1.